The molecule has 1 aliphatic carbocycles. The van der Waals surface area contributed by atoms with E-state index in [0.29, 0.717) is 17.5 Å². The van der Waals surface area contributed by atoms with E-state index in [1.165, 1.54) is 12.5 Å². The fourth-order valence-electron chi connectivity index (χ4n) is 2.99. The van der Waals surface area contributed by atoms with E-state index in [-0.39, 0.29) is 17.4 Å². The average Bonchev–Trinajstić information content (AvgIpc) is 2.30. The molecule has 0 radical (unpaired) electrons. The van der Waals surface area contributed by atoms with Crippen LogP contribution in [-0.4, -0.2) is 6.10 Å². The summed E-state index contributed by atoms with van der Waals surface area (Å²) in [6.07, 6.45) is 0.509. The molecule has 1 aromatic rings. The third-order valence-corrected chi connectivity index (χ3v) is 3.70. The molecule has 4 heteroatoms. The molecule has 1 aliphatic rings. The van der Waals surface area contributed by atoms with Crippen molar-refractivity contribution in [2.45, 2.75) is 45.6 Å². The molecule has 0 aromatic heterocycles. The van der Waals surface area contributed by atoms with Gasteiger partial charge in [0.05, 0.1) is 11.7 Å². The van der Waals surface area contributed by atoms with E-state index in [9.17, 15) is 8.78 Å². The first-order valence-corrected chi connectivity index (χ1v) is 6.80. The highest BCUT2D eigenvalue weighted by atomic mass is 19.3. The van der Waals surface area contributed by atoms with Crippen molar-refractivity contribution in [2.24, 2.45) is 11.8 Å². The molecule has 0 aliphatic heterocycles. The summed E-state index contributed by atoms with van der Waals surface area (Å²) in [5, 5.41) is 0. The van der Waals surface area contributed by atoms with E-state index in [0.717, 1.165) is 12.8 Å². The van der Waals surface area contributed by atoms with Crippen molar-refractivity contribution < 1.29 is 13.5 Å². The molecule has 2 unspecified atom stereocenters. The van der Waals surface area contributed by atoms with Gasteiger partial charge in [-0.2, -0.15) is 0 Å². The van der Waals surface area contributed by atoms with Crippen molar-refractivity contribution in [2.75, 3.05) is 5.73 Å². The molecule has 0 bridgehead atoms. The van der Waals surface area contributed by atoms with Crippen LogP contribution in [0, 0.1) is 11.8 Å². The average molecular weight is 269 g/mol. The predicted octanol–water partition coefficient (Wildman–Crippen LogP) is 4.41. The first kappa shape index (κ1) is 14.1. The number of hydrogen-bond donors (Lipinski definition) is 1. The summed E-state index contributed by atoms with van der Waals surface area (Å²) < 4.78 is 31.8. The number of rotatable bonds is 3. The second-order valence-corrected chi connectivity index (χ2v) is 5.76. The van der Waals surface area contributed by atoms with Gasteiger partial charge in [0.15, 0.2) is 0 Å². The normalized spacial score (nSPS) is 27.5. The Kier molecular flexibility index (Phi) is 4.27. The van der Waals surface area contributed by atoms with Gasteiger partial charge < -0.3 is 10.5 Å². The van der Waals surface area contributed by atoms with Crippen LogP contribution in [0.25, 0.3) is 0 Å². The summed E-state index contributed by atoms with van der Waals surface area (Å²) in [4.78, 5) is 0. The Morgan fingerprint density at radius 2 is 1.79 bits per heavy atom. The van der Waals surface area contributed by atoms with E-state index in [4.69, 9.17) is 10.5 Å². The lowest BCUT2D eigenvalue weighted by atomic mass is 9.82. The number of nitrogen functional groups attached to an aromatic ring is 1. The molecular weight excluding hydrogens is 248 g/mol. The maximum Gasteiger partial charge on any atom is 0.267 e. The van der Waals surface area contributed by atoms with Crippen LogP contribution in [0.5, 0.6) is 5.75 Å². The Bertz CT molecular complexity index is 426. The standard InChI is InChI=1S/C15H21F2NO/c1-9-5-10(2)7-12(6-9)19-14-4-3-11(18)8-13(14)15(16)17/h3-4,8-10,12,15H,5-7,18H2,1-2H3. The van der Waals surface area contributed by atoms with Gasteiger partial charge in [0.25, 0.3) is 6.43 Å². The Hall–Kier alpha value is -1.32. The summed E-state index contributed by atoms with van der Waals surface area (Å²) in [6, 6.07) is 4.47. The van der Waals surface area contributed by atoms with Crippen LogP contribution in [0.3, 0.4) is 0 Å². The maximum atomic E-state index is 13.0. The molecule has 2 atom stereocenters. The minimum Gasteiger partial charge on any atom is -0.490 e. The number of nitrogens with two attached hydrogens (primary N) is 1. The van der Waals surface area contributed by atoms with Gasteiger partial charge in [0, 0.05) is 5.69 Å². The lowest BCUT2D eigenvalue weighted by Gasteiger charge is -2.32. The molecule has 19 heavy (non-hydrogen) atoms. The van der Waals surface area contributed by atoms with Gasteiger partial charge in [0.2, 0.25) is 0 Å². The lowest BCUT2D eigenvalue weighted by Crippen LogP contribution is -2.28. The molecule has 0 amide bonds. The number of alkyl halides is 2. The van der Waals surface area contributed by atoms with Gasteiger partial charge in [-0.15, -0.1) is 0 Å². The van der Waals surface area contributed by atoms with Gasteiger partial charge >= 0.3 is 0 Å². The number of ether oxygens (including phenoxy) is 1. The number of anilines is 1. The first-order valence-electron chi connectivity index (χ1n) is 6.80. The van der Waals surface area contributed by atoms with Crippen molar-refractivity contribution in [1.29, 1.82) is 0 Å². The van der Waals surface area contributed by atoms with E-state index in [2.05, 4.69) is 13.8 Å². The molecule has 106 valence electrons. The Balaban J connectivity index is 2.14. The monoisotopic (exact) mass is 269 g/mol. The van der Waals surface area contributed by atoms with Crippen LogP contribution < -0.4 is 10.5 Å². The van der Waals surface area contributed by atoms with Gasteiger partial charge in [-0.3, -0.25) is 0 Å². The summed E-state index contributed by atoms with van der Waals surface area (Å²) >= 11 is 0. The molecule has 2 nitrogen and oxygen atoms in total. The molecule has 1 fully saturated rings. The quantitative estimate of drug-likeness (QED) is 0.825. The Labute approximate surface area is 112 Å². The number of halogens is 2. The van der Waals surface area contributed by atoms with E-state index in [1.807, 2.05) is 0 Å². The Morgan fingerprint density at radius 3 is 2.37 bits per heavy atom. The minimum absolute atomic E-state index is 0.0277. The van der Waals surface area contributed by atoms with Crippen LogP contribution in [-0.2, 0) is 0 Å². The first-order chi connectivity index (χ1) is 8.95. The lowest BCUT2D eigenvalue weighted by molar-refractivity contribution is 0.0913. The fourth-order valence-corrected chi connectivity index (χ4v) is 2.99. The zero-order valence-electron chi connectivity index (χ0n) is 11.4. The SMILES string of the molecule is CC1CC(C)CC(Oc2ccc(N)cc2C(F)F)C1. The summed E-state index contributed by atoms with van der Waals surface area (Å²) in [6.45, 7) is 4.37. The van der Waals surface area contributed by atoms with Crippen LogP contribution in [0.15, 0.2) is 18.2 Å². The van der Waals surface area contributed by atoms with Gasteiger partial charge in [-0.25, -0.2) is 8.78 Å². The molecule has 1 saturated carbocycles. The van der Waals surface area contributed by atoms with Crippen LogP contribution in [0.1, 0.15) is 45.1 Å². The largest absolute Gasteiger partial charge is 0.490 e. The van der Waals surface area contributed by atoms with E-state index in [1.54, 1.807) is 12.1 Å². The second kappa shape index (κ2) is 5.76. The number of hydrogen-bond acceptors (Lipinski definition) is 2. The molecule has 0 heterocycles. The van der Waals surface area contributed by atoms with Gasteiger partial charge in [-0.1, -0.05) is 13.8 Å². The van der Waals surface area contributed by atoms with Crippen molar-refractivity contribution in [3.05, 3.63) is 23.8 Å². The molecule has 2 N–H and O–H groups in total. The van der Waals surface area contributed by atoms with Crippen LogP contribution in [0.4, 0.5) is 14.5 Å². The maximum absolute atomic E-state index is 13.0. The summed E-state index contributed by atoms with van der Waals surface area (Å²) in [5.41, 5.74) is 5.79. The van der Waals surface area contributed by atoms with E-state index >= 15 is 0 Å². The van der Waals surface area contributed by atoms with Gasteiger partial charge in [-0.05, 0) is 49.3 Å². The third-order valence-electron chi connectivity index (χ3n) is 3.70. The molecule has 0 spiro atoms. The smallest absolute Gasteiger partial charge is 0.267 e. The Morgan fingerprint density at radius 1 is 1.16 bits per heavy atom. The molecule has 2 rings (SSSR count). The zero-order valence-corrected chi connectivity index (χ0v) is 11.4. The molecular formula is C15H21F2NO. The van der Waals surface area contributed by atoms with Crippen molar-refractivity contribution in [3.63, 3.8) is 0 Å². The topological polar surface area (TPSA) is 35.2 Å². The molecule has 1 aromatic carbocycles. The zero-order chi connectivity index (χ0) is 14.0. The van der Waals surface area contributed by atoms with Crippen LogP contribution >= 0.6 is 0 Å². The number of benzene rings is 1. The van der Waals surface area contributed by atoms with Crippen molar-refractivity contribution in [3.8, 4) is 5.75 Å². The predicted molar refractivity (Wildman–Crippen MR) is 72.4 cm³/mol. The molecule has 0 saturated heterocycles. The summed E-state index contributed by atoms with van der Waals surface area (Å²) in [5.74, 6) is 1.44. The second-order valence-electron chi connectivity index (χ2n) is 5.76. The fraction of sp³-hybridized carbons (Fsp3) is 0.600. The van der Waals surface area contributed by atoms with Crippen LogP contribution in [0.2, 0.25) is 0 Å². The van der Waals surface area contributed by atoms with Crippen molar-refractivity contribution in [1.82, 2.24) is 0 Å². The summed E-state index contributed by atoms with van der Waals surface area (Å²) in [7, 11) is 0. The highest BCUT2D eigenvalue weighted by Gasteiger charge is 2.26. The highest BCUT2D eigenvalue weighted by Crippen LogP contribution is 2.35. The highest BCUT2D eigenvalue weighted by molar-refractivity contribution is 5.48. The van der Waals surface area contributed by atoms with Crippen molar-refractivity contribution >= 4 is 5.69 Å². The third kappa shape index (κ3) is 3.58. The minimum atomic E-state index is -2.56. The van der Waals surface area contributed by atoms with E-state index < -0.39 is 6.43 Å². The van der Waals surface area contributed by atoms with Gasteiger partial charge in [0.1, 0.15) is 5.75 Å².